The molecule has 1 saturated heterocycles. The Morgan fingerprint density at radius 2 is 2.11 bits per heavy atom. The number of nitrogens with zero attached hydrogens (tertiary/aromatic N) is 7. The zero-order valence-electron chi connectivity index (χ0n) is 20.7. The van der Waals surface area contributed by atoms with E-state index in [1.807, 2.05) is 17.2 Å². The number of ether oxygens (including phenoxy) is 2. The largest absolute Gasteiger partial charge is 0.378 e. The number of anilines is 4. The summed E-state index contributed by atoms with van der Waals surface area (Å²) in [5.41, 5.74) is 2.08. The fourth-order valence-corrected chi connectivity index (χ4v) is 5.18. The molecule has 2 aliphatic rings. The summed E-state index contributed by atoms with van der Waals surface area (Å²) in [6, 6.07) is 2.69. The Balaban J connectivity index is 1.32. The number of thiazole rings is 1. The molecule has 0 amide bonds. The van der Waals surface area contributed by atoms with E-state index in [-0.39, 0.29) is 12.4 Å². The predicted molar refractivity (Wildman–Crippen MR) is 141 cm³/mol. The Bertz CT molecular complexity index is 1410. The van der Waals surface area contributed by atoms with Crippen molar-refractivity contribution >= 4 is 40.3 Å². The number of morpholine rings is 1. The topological polar surface area (TPSA) is 105 Å². The second-order valence-corrected chi connectivity index (χ2v) is 9.78. The number of nitrogens with one attached hydrogen (secondary N) is 2. The van der Waals surface area contributed by atoms with Crippen LogP contribution in [0.25, 0.3) is 16.2 Å². The molecule has 5 heterocycles. The van der Waals surface area contributed by atoms with Crippen molar-refractivity contribution in [1.82, 2.24) is 24.6 Å². The minimum Gasteiger partial charge on any atom is -0.378 e. The van der Waals surface area contributed by atoms with E-state index >= 15 is 0 Å². The van der Waals surface area contributed by atoms with Crippen LogP contribution in [0.15, 0.2) is 29.9 Å². The third-order valence-electron chi connectivity index (χ3n) is 6.41. The van der Waals surface area contributed by atoms with Crippen LogP contribution in [-0.4, -0.2) is 76.9 Å². The lowest BCUT2D eigenvalue weighted by Gasteiger charge is -2.28. The highest BCUT2D eigenvalue weighted by Crippen LogP contribution is 2.38. The van der Waals surface area contributed by atoms with Gasteiger partial charge in [-0.05, 0) is 18.6 Å². The highest BCUT2D eigenvalue weighted by Gasteiger charge is 2.32. The fourth-order valence-electron chi connectivity index (χ4n) is 4.54. The van der Waals surface area contributed by atoms with Crippen LogP contribution in [0, 0.1) is 11.6 Å². The quantitative estimate of drug-likeness (QED) is 0.305. The van der Waals surface area contributed by atoms with Crippen LogP contribution in [-0.2, 0) is 9.47 Å². The first-order valence-corrected chi connectivity index (χ1v) is 13.3. The first-order valence-electron chi connectivity index (χ1n) is 12.4. The molecule has 14 heteroatoms. The number of benzene rings is 1. The number of fused-ring (bicyclic) bond motifs is 2. The summed E-state index contributed by atoms with van der Waals surface area (Å²) in [4.78, 5) is 18.0. The van der Waals surface area contributed by atoms with Gasteiger partial charge in [-0.1, -0.05) is 6.92 Å². The molecule has 2 N–H and O–H groups in total. The molecule has 200 valence electrons. The molecular weight excluding hydrogens is 516 g/mol. The standard InChI is InChI=1S/C24H27F2N9O2S/c1-2-8-37-14-34-17-4-3-16(25)19(26)20(17)30-18(34)13-28-23-32-24(33-6-9-36-10-7-33)31-21-15(12-29-35(21)23)22-27-5-11-38-22/h3-5,11-12,18,30H,2,6-10,13-14H2,1H3,(H,28,31,32). The summed E-state index contributed by atoms with van der Waals surface area (Å²) < 4.78 is 41.5. The Labute approximate surface area is 221 Å². The van der Waals surface area contributed by atoms with Gasteiger partial charge in [0.05, 0.1) is 42.9 Å². The van der Waals surface area contributed by atoms with Crippen molar-refractivity contribution in [2.75, 3.05) is 66.6 Å². The lowest BCUT2D eigenvalue weighted by Crippen LogP contribution is -2.43. The summed E-state index contributed by atoms with van der Waals surface area (Å²) >= 11 is 1.51. The van der Waals surface area contributed by atoms with Gasteiger partial charge in [-0.2, -0.15) is 19.6 Å². The SMILES string of the molecule is CCCOCN1c2ccc(F)c(F)c2NC1CNc1nc(N2CCOCC2)nc2c(-c3nccs3)cnn12. The molecule has 3 aromatic heterocycles. The average molecular weight is 544 g/mol. The molecule has 1 atom stereocenters. The highest BCUT2D eigenvalue weighted by molar-refractivity contribution is 7.13. The summed E-state index contributed by atoms with van der Waals surface area (Å²) in [6.45, 7) is 5.61. The lowest BCUT2D eigenvalue weighted by molar-refractivity contribution is 0.122. The molecule has 1 unspecified atom stereocenters. The van der Waals surface area contributed by atoms with E-state index < -0.39 is 17.8 Å². The maximum Gasteiger partial charge on any atom is 0.230 e. The Morgan fingerprint density at radius 1 is 1.24 bits per heavy atom. The molecular formula is C24H27F2N9O2S. The maximum atomic E-state index is 14.6. The number of aromatic nitrogens is 5. The summed E-state index contributed by atoms with van der Waals surface area (Å²) in [7, 11) is 0. The van der Waals surface area contributed by atoms with Gasteiger partial charge in [0.15, 0.2) is 17.3 Å². The average Bonchev–Trinajstić information content (AvgIpc) is 3.69. The van der Waals surface area contributed by atoms with Gasteiger partial charge < -0.3 is 29.9 Å². The minimum atomic E-state index is -0.912. The molecule has 0 spiro atoms. The van der Waals surface area contributed by atoms with Crippen molar-refractivity contribution in [3.05, 3.63) is 41.5 Å². The maximum absolute atomic E-state index is 14.6. The van der Waals surface area contributed by atoms with Crippen molar-refractivity contribution in [3.8, 4) is 10.6 Å². The molecule has 11 nitrogen and oxygen atoms in total. The van der Waals surface area contributed by atoms with Crippen molar-refractivity contribution in [3.63, 3.8) is 0 Å². The van der Waals surface area contributed by atoms with E-state index in [9.17, 15) is 8.78 Å². The lowest BCUT2D eigenvalue weighted by atomic mass is 10.2. The van der Waals surface area contributed by atoms with Gasteiger partial charge in [0.1, 0.15) is 17.9 Å². The molecule has 1 fully saturated rings. The van der Waals surface area contributed by atoms with Crippen LogP contribution in [0.3, 0.4) is 0 Å². The summed E-state index contributed by atoms with van der Waals surface area (Å²) in [5.74, 6) is -0.790. The normalized spacial score (nSPS) is 17.2. The molecule has 38 heavy (non-hydrogen) atoms. The van der Waals surface area contributed by atoms with Crippen molar-refractivity contribution < 1.29 is 18.3 Å². The smallest absolute Gasteiger partial charge is 0.230 e. The summed E-state index contributed by atoms with van der Waals surface area (Å²) in [5, 5.41) is 13.7. The summed E-state index contributed by atoms with van der Waals surface area (Å²) in [6.07, 6.45) is 3.89. The van der Waals surface area contributed by atoms with E-state index in [1.54, 1.807) is 23.0 Å². The fraction of sp³-hybridized carbons (Fsp3) is 0.417. The van der Waals surface area contributed by atoms with Crippen molar-refractivity contribution in [2.45, 2.75) is 19.5 Å². The zero-order valence-corrected chi connectivity index (χ0v) is 21.5. The predicted octanol–water partition coefficient (Wildman–Crippen LogP) is 3.42. The molecule has 0 saturated carbocycles. The van der Waals surface area contributed by atoms with Gasteiger partial charge in [-0.15, -0.1) is 11.3 Å². The van der Waals surface area contributed by atoms with Gasteiger partial charge in [0, 0.05) is 31.3 Å². The van der Waals surface area contributed by atoms with Gasteiger partial charge in [-0.25, -0.2) is 13.8 Å². The molecule has 0 bridgehead atoms. The van der Waals surface area contributed by atoms with Gasteiger partial charge in [0.25, 0.3) is 0 Å². The highest BCUT2D eigenvalue weighted by atomic mass is 32.1. The van der Waals surface area contributed by atoms with Gasteiger partial charge in [0.2, 0.25) is 11.9 Å². The molecule has 4 aromatic rings. The van der Waals surface area contributed by atoms with E-state index in [2.05, 4.69) is 25.6 Å². The van der Waals surface area contributed by atoms with E-state index in [1.165, 1.54) is 11.3 Å². The monoisotopic (exact) mass is 543 g/mol. The molecule has 1 aromatic carbocycles. The second-order valence-electron chi connectivity index (χ2n) is 8.88. The van der Waals surface area contributed by atoms with Crippen LogP contribution in [0.2, 0.25) is 0 Å². The van der Waals surface area contributed by atoms with Crippen LogP contribution < -0.4 is 20.4 Å². The van der Waals surface area contributed by atoms with Crippen LogP contribution in [0.5, 0.6) is 0 Å². The van der Waals surface area contributed by atoms with Gasteiger partial charge in [-0.3, -0.25) is 0 Å². The third-order valence-corrected chi connectivity index (χ3v) is 7.22. The Morgan fingerprint density at radius 3 is 2.89 bits per heavy atom. The molecule has 0 radical (unpaired) electrons. The third kappa shape index (κ3) is 4.59. The van der Waals surface area contributed by atoms with E-state index in [0.717, 1.165) is 23.1 Å². The number of halogens is 2. The second kappa shape index (κ2) is 10.6. The van der Waals surface area contributed by atoms with Crippen LogP contribution >= 0.6 is 11.3 Å². The minimum absolute atomic E-state index is 0.115. The van der Waals surface area contributed by atoms with Crippen molar-refractivity contribution in [1.29, 1.82) is 0 Å². The van der Waals surface area contributed by atoms with Crippen LogP contribution in [0.1, 0.15) is 13.3 Å². The Hall–Kier alpha value is -3.62. The zero-order chi connectivity index (χ0) is 26.1. The molecule has 6 rings (SSSR count). The number of hydrogen-bond donors (Lipinski definition) is 2. The molecule has 2 aliphatic heterocycles. The van der Waals surface area contributed by atoms with E-state index in [0.29, 0.717) is 62.7 Å². The number of hydrogen-bond acceptors (Lipinski definition) is 11. The Kier molecular flexibility index (Phi) is 6.91. The van der Waals surface area contributed by atoms with Crippen molar-refractivity contribution in [2.24, 2.45) is 0 Å². The first kappa shape index (κ1) is 24.7. The van der Waals surface area contributed by atoms with Crippen LogP contribution in [0.4, 0.5) is 32.1 Å². The van der Waals surface area contributed by atoms with Gasteiger partial charge >= 0.3 is 0 Å². The molecule has 0 aliphatic carbocycles. The van der Waals surface area contributed by atoms with E-state index in [4.69, 9.17) is 19.4 Å². The first-order chi connectivity index (χ1) is 18.6. The number of rotatable bonds is 9.